The highest BCUT2D eigenvalue weighted by Gasteiger charge is 2.58. The predicted molar refractivity (Wildman–Crippen MR) is 77.6 cm³/mol. The van der Waals surface area contributed by atoms with Gasteiger partial charge in [-0.25, -0.2) is 0 Å². The second-order valence-electron chi connectivity index (χ2n) is 7.08. The number of amides is 1. The minimum absolute atomic E-state index is 0.146. The summed E-state index contributed by atoms with van der Waals surface area (Å²) >= 11 is 0. The van der Waals surface area contributed by atoms with E-state index in [1.54, 1.807) is 0 Å². The molecule has 4 rings (SSSR count). The van der Waals surface area contributed by atoms with Crippen LogP contribution in [0.3, 0.4) is 0 Å². The smallest absolute Gasteiger partial charge is 0.249 e. The van der Waals surface area contributed by atoms with Crippen molar-refractivity contribution < 1.29 is 14.3 Å². The zero-order valence-electron chi connectivity index (χ0n) is 12.5. The predicted octanol–water partition coefficient (Wildman–Crippen LogP) is 1.94. The zero-order chi connectivity index (χ0) is 14.4. The summed E-state index contributed by atoms with van der Waals surface area (Å²) in [6.07, 6.45) is 7.99. The molecule has 3 atom stereocenters. The van der Waals surface area contributed by atoms with Crippen LogP contribution in [0, 0.1) is 17.3 Å². The lowest BCUT2D eigenvalue weighted by atomic mass is 9.63. The fraction of sp³-hybridized carbons (Fsp3) is 0.765. The molecule has 0 aromatic carbocycles. The number of nitrogens with zero attached hydrogens (tertiary/aromatic N) is 1. The summed E-state index contributed by atoms with van der Waals surface area (Å²) in [5.74, 6) is 1.45. The van der Waals surface area contributed by atoms with Gasteiger partial charge in [-0.3, -0.25) is 9.59 Å². The van der Waals surface area contributed by atoms with Crippen molar-refractivity contribution in [3.8, 4) is 0 Å². The Bertz CT molecular complexity index is 506. The van der Waals surface area contributed by atoms with E-state index >= 15 is 0 Å². The third-order valence-electron chi connectivity index (χ3n) is 6.14. The van der Waals surface area contributed by atoms with E-state index in [2.05, 4.69) is 6.08 Å². The molecular formula is C17H23NO3. The Kier molecular flexibility index (Phi) is 3.18. The van der Waals surface area contributed by atoms with Crippen LogP contribution in [0.15, 0.2) is 11.6 Å². The number of allylic oxidation sites excluding steroid dienone is 1. The van der Waals surface area contributed by atoms with Crippen molar-refractivity contribution in [2.75, 3.05) is 26.3 Å². The van der Waals surface area contributed by atoms with Crippen molar-refractivity contribution in [1.29, 1.82) is 0 Å². The SMILES string of the molecule is O=C(C1=CCCC2(C1)C(=O)[C@@H]1CC[C@H]2C1)N1CCOCC1. The summed E-state index contributed by atoms with van der Waals surface area (Å²) in [6.45, 7) is 2.63. The van der Waals surface area contributed by atoms with Gasteiger partial charge in [-0.1, -0.05) is 6.08 Å². The number of ether oxygens (including phenoxy) is 1. The molecule has 114 valence electrons. The van der Waals surface area contributed by atoms with E-state index in [1.165, 1.54) is 6.42 Å². The Morgan fingerprint density at radius 1 is 1.29 bits per heavy atom. The number of ketones is 1. The van der Waals surface area contributed by atoms with Crippen LogP contribution >= 0.6 is 0 Å². The molecule has 1 amide bonds. The average molecular weight is 289 g/mol. The first-order chi connectivity index (χ1) is 10.2. The summed E-state index contributed by atoms with van der Waals surface area (Å²) in [5.41, 5.74) is 0.707. The van der Waals surface area contributed by atoms with Crippen LogP contribution in [0.5, 0.6) is 0 Å². The molecule has 1 unspecified atom stereocenters. The molecule has 0 aromatic heterocycles. The fourth-order valence-corrected chi connectivity index (χ4v) is 5.02. The van der Waals surface area contributed by atoms with Gasteiger partial charge in [0.15, 0.2) is 0 Å². The van der Waals surface area contributed by atoms with E-state index in [0.717, 1.165) is 31.3 Å². The molecule has 3 aliphatic carbocycles. The zero-order valence-corrected chi connectivity index (χ0v) is 12.5. The summed E-state index contributed by atoms with van der Waals surface area (Å²) in [6, 6.07) is 0. The normalized spacial score (nSPS) is 39.0. The van der Waals surface area contributed by atoms with Crippen LogP contribution < -0.4 is 0 Å². The van der Waals surface area contributed by atoms with E-state index in [-0.39, 0.29) is 11.3 Å². The second kappa shape index (κ2) is 4.94. The average Bonchev–Trinajstić information content (AvgIpc) is 3.11. The molecule has 3 fully saturated rings. The molecule has 2 saturated carbocycles. The van der Waals surface area contributed by atoms with E-state index < -0.39 is 0 Å². The molecule has 4 heteroatoms. The molecule has 2 bridgehead atoms. The first-order valence-corrected chi connectivity index (χ1v) is 8.31. The van der Waals surface area contributed by atoms with Crippen molar-refractivity contribution in [1.82, 2.24) is 4.90 Å². The molecule has 1 saturated heterocycles. The molecule has 1 heterocycles. The van der Waals surface area contributed by atoms with Gasteiger partial charge < -0.3 is 9.64 Å². The van der Waals surface area contributed by atoms with Crippen molar-refractivity contribution in [3.63, 3.8) is 0 Å². The van der Waals surface area contributed by atoms with Gasteiger partial charge >= 0.3 is 0 Å². The minimum Gasteiger partial charge on any atom is -0.378 e. The third-order valence-corrected chi connectivity index (χ3v) is 6.14. The van der Waals surface area contributed by atoms with Crippen LogP contribution in [-0.2, 0) is 14.3 Å². The number of carbonyl (C=O) groups is 2. The monoisotopic (exact) mass is 289 g/mol. The van der Waals surface area contributed by atoms with Crippen molar-refractivity contribution in [2.45, 2.75) is 38.5 Å². The Balaban J connectivity index is 1.54. The third kappa shape index (κ3) is 1.99. The molecule has 4 nitrogen and oxygen atoms in total. The summed E-state index contributed by atoms with van der Waals surface area (Å²) < 4.78 is 5.32. The second-order valence-corrected chi connectivity index (χ2v) is 7.08. The molecule has 0 radical (unpaired) electrons. The summed E-state index contributed by atoms with van der Waals surface area (Å²) in [4.78, 5) is 27.3. The van der Waals surface area contributed by atoms with E-state index in [0.29, 0.717) is 50.3 Å². The maximum absolute atomic E-state index is 12.7. The van der Waals surface area contributed by atoms with Crippen molar-refractivity contribution >= 4 is 11.7 Å². The number of Topliss-reactive ketones (excluding diaryl/α,β-unsaturated/α-hetero) is 1. The molecule has 1 spiro atoms. The highest BCUT2D eigenvalue weighted by molar-refractivity contribution is 5.97. The Morgan fingerprint density at radius 3 is 2.81 bits per heavy atom. The Morgan fingerprint density at radius 2 is 2.10 bits per heavy atom. The number of carbonyl (C=O) groups excluding carboxylic acids is 2. The Labute approximate surface area is 125 Å². The summed E-state index contributed by atoms with van der Waals surface area (Å²) in [7, 11) is 0. The van der Waals surface area contributed by atoms with Gasteiger partial charge in [0, 0.05) is 30.0 Å². The number of hydrogen-bond acceptors (Lipinski definition) is 3. The molecule has 4 aliphatic rings. The van der Waals surface area contributed by atoms with Gasteiger partial charge in [0.1, 0.15) is 5.78 Å². The van der Waals surface area contributed by atoms with Gasteiger partial charge in [-0.05, 0) is 44.4 Å². The van der Waals surface area contributed by atoms with E-state index in [9.17, 15) is 9.59 Å². The lowest BCUT2D eigenvalue weighted by Gasteiger charge is -2.40. The van der Waals surface area contributed by atoms with Gasteiger partial charge in [-0.15, -0.1) is 0 Å². The summed E-state index contributed by atoms with van der Waals surface area (Å²) in [5, 5.41) is 0. The lowest BCUT2D eigenvalue weighted by Crippen LogP contribution is -2.44. The minimum atomic E-state index is -0.186. The van der Waals surface area contributed by atoms with Gasteiger partial charge in [0.2, 0.25) is 5.91 Å². The first-order valence-electron chi connectivity index (χ1n) is 8.31. The van der Waals surface area contributed by atoms with E-state index in [4.69, 9.17) is 4.74 Å². The molecule has 0 aromatic rings. The van der Waals surface area contributed by atoms with E-state index in [1.807, 2.05) is 4.90 Å². The largest absolute Gasteiger partial charge is 0.378 e. The topological polar surface area (TPSA) is 46.6 Å². The van der Waals surface area contributed by atoms with Gasteiger partial charge in [0.25, 0.3) is 0 Å². The highest BCUT2D eigenvalue weighted by Crippen LogP contribution is 2.59. The first kappa shape index (κ1) is 13.5. The maximum atomic E-state index is 12.7. The van der Waals surface area contributed by atoms with Crippen LogP contribution in [0.2, 0.25) is 0 Å². The van der Waals surface area contributed by atoms with Crippen LogP contribution in [-0.4, -0.2) is 42.9 Å². The van der Waals surface area contributed by atoms with Crippen molar-refractivity contribution in [3.05, 3.63) is 11.6 Å². The standard InChI is InChI=1S/C17H23NO3/c19-15-12-3-4-14(10-12)17(15)5-1-2-13(11-17)16(20)18-6-8-21-9-7-18/h2,12,14H,1,3-11H2/t12-,14+,17?/m1/s1. The van der Waals surface area contributed by atoms with Gasteiger partial charge in [0.05, 0.1) is 13.2 Å². The number of rotatable bonds is 1. The Hall–Kier alpha value is -1.16. The molecule has 21 heavy (non-hydrogen) atoms. The van der Waals surface area contributed by atoms with Crippen LogP contribution in [0.4, 0.5) is 0 Å². The lowest BCUT2D eigenvalue weighted by molar-refractivity contribution is -0.135. The number of hydrogen-bond donors (Lipinski definition) is 0. The highest BCUT2D eigenvalue weighted by atomic mass is 16.5. The molecular weight excluding hydrogens is 266 g/mol. The quantitative estimate of drug-likeness (QED) is 0.741. The fourth-order valence-electron chi connectivity index (χ4n) is 5.02. The van der Waals surface area contributed by atoms with Crippen LogP contribution in [0.1, 0.15) is 38.5 Å². The maximum Gasteiger partial charge on any atom is 0.249 e. The number of fused-ring (bicyclic) bond motifs is 3. The van der Waals surface area contributed by atoms with Crippen LogP contribution in [0.25, 0.3) is 0 Å². The number of morpholine rings is 1. The van der Waals surface area contributed by atoms with Crippen molar-refractivity contribution in [2.24, 2.45) is 17.3 Å². The molecule has 1 aliphatic heterocycles. The molecule has 0 N–H and O–H groups in total. The van der Waals surface area contributed by atoms with Gasteiger partial charge in [-0.2, -0.15) is 0 Å².